The molecule has 0 radical (unpaired) electrons. The van der Waals surface area contributed by atoms with Gasteiger partial charge < -0.3 is 0 Å². The first-order valence-corrected chi connectivity index (χ1v) is 10.5. The molecule has 9 heteroatoms. The van der Waals surface area contributed by atoms with Crippen LogP contribution in [-0.4, -0.2) is 24.4 Å². The lowest BCUT2D eigenvalue weighted by Gasteiger charge is -2.19. The van der Waals surface area contributed by atoms with Crippen molar-refractivity contribution in [3.63, 3.8) is 0 Å². The number of anilines is 1. The summed E-state index contributed by atoms with van der Waals surface area (Å²) in [5.74, 6) is 1.13. The number of fused-ring (bicyclic) bond motifs is 1. The van der Waals surface area contributed by atoms with Crippen molar-refractivity contribution < 1.29 is 0 Å². The Morgan fingerprint density at radius 3 is 2.57 bits per heavy atom. The molecule has 4 rings (SSSR count). The van der Waals surface area contributed by atoms with Gasteiger partial charge in [-0.3, -0.25) is 18.5 Å². The van der Waals surface area contributed by atoms with E-state index in [1.165, 1.54) is 11.6 Å². The van der Waals surface area contributed by atoms with E-state index in [0.29, 0.717) is 34.6 Å². The van der Waals surface area contributed by atoms with Gasteiger partial charge in [-0.05, 0) is 43.2 Å². The SMILES string of the molecule is CC1CCC(=NNc2nc3c(c(=O)n(C)c(=O)n3C)n2Cc2ccccc2Cl)CC1. The summed E-state index contributed by atoms with van der Waals surface area (Å²) in [7, 11) is 3.07. The topological polar surface area (TPSA) is 86.2 Å². The number of aryl methyl sites for hydroxylation is 1. The molecular formula is C21H25ClN6O2. The maximum absolute atomic E-state index is 12.9. The minimum atomic E-state index is -0.422. The van der Waals surface area contributed by atoms with Crippen LogP contribution in [0.15, 0.2) is 39.0 Å². The van der Waals surface area contributed by atoms with E-state index in [1.54, 1.807) is 17.7 Å². The van der Waals surface area contributed by atoms with Gasteiger partial charge in [0.1, 0.15) is 0 Å². The van der Waals surface area contributed by atoms with Crippen molar-refractivity contribution in [3.8, 4) is 0 Å². The molecule has 0 atom stereocenters. The van der Waals surface area contributed by atoms with E-state index in [4.69, 9.17) is 11.6 Å². The standard InChI is InChI=1S/C21H25ClN6O2/c1-13-8-10-15(11-9-13)24-25-20-23-18-17(19(29)27(3)21(30)26(18)2)28(20)12-14-6-4-5-7-16(14)22/h4-7,13H,8-12H2,1-3H3,(H,23,25). The third-order valence-corrected chi connectivity index (χ3v) is 6.17. The van der Waals surface area contributed by atoms with Gasteiger partial charge in [0, 0.05) is 24.8 Å². The second kappa shape index (κ2) is 8.10. The number of rotatable bonds is 4. The van der Waals surface area contributed by atoms with Crippen LogP contribution in [0.2, 0.25) is 5.02 Å². The molecule has 0 bridgehead atoms. The Kier molecular flexibility index (Phi) is 5.51. The fourth-order valence-electron chi connectivity index (χ4n) is 3.82. The molecule has 1 N–H and O–H groups in total. The van der Waals surface area contributed by atoms with E-state index < -0.39 is 11.2 Å². The molecule has 1 aromatic carbocycles. The van der Waals surface area contributed by atoms with Crippen LogP contribution >= 0.6 is 11.6 Å². The lowest BCUT2D eigenvalue weighted by Crippen LogP contribution is -2.37. The average molecular weight is 429 g/mol. The Morgan fingerprint density at radius 2 is 1.87 bits per heavy atom. The Hall–Kier alpha value is -2.87. The van der Waals surface area contributed by atoms with E-state index in [1.807, 2.05) is 18.2 Å². The highest BCUT2D eigenvalue weighted by Crippen LogP contribution is 2.24. The van der Waals surface area contributed by atoms with Gasteiger partial charge >= 0.3 is 5.69 Å². The zero-order valence-electron chi connectivity index (χ0n) is 17.4. The number of nitrogens with one attached hydrogen (secondary N) is 1. The highest BCUT2D eigenvalue weighted by Gasteiger charge is 2.20. The molecular weight excluding hydrogens is 404 g/mol. The summed E-state index contributed by atoms with van der Waals surface area (Å²) in [5, 5.41) is 5.16. The third kappa shape index (κ3) is 3.67. The van der Waals surface area contributed by atoms with E-state index in [-0.39, 0.29) is 0 Å². The van der Waals surface area contributed by atoms with Gasteiger partial charge in [-0.2, -0.15) is 10.1 Å². The largest absolute Gasteiger partial charge is 0.332 e. The Balaban J connectivity index is 1.84. The summed E-state index contributed by atoms with van der Waals surface area (Å²) in [4.78, 5) is 29.9. The minimum absolute atomic E-state index is 0.315. The number of hydrazone groups is 1. The summed E-state index contributed by atoms with van der Waals surface area (Å²) in [6.07, 6.45) is 4.12. The van der Waals surface area contributed by atoms with Crippen molar-refractivity contribution in [3.05, 3.63) is 55.7 Å². The molecule has 1 fully saturated rings. The molecule has 2 heterocycles. The van der Waals surface area contributed by atoms with Gasteiger partial charge in [0.15, 0.2) is 11.2 Å². The Labute approximate surface area is 178 Å². The fourth-order valence-corrected chi connectivity index (χ4v) is 4.01. The summed E-state index contributed by atoms with van der Waals surface area (Å²) >= 11 is 6.36. The first-order valence-electron chi connectivity index (χ1n) is 10.1. The lowest BCUT2D eigenvalue weighted by molar-refractivity contribution is 0.483. The predicted molar refractivity (Wildman–Crippen MR) is 119 cm³/mol. The first-order chi connectivity index (χ1) is 14.4. The molecule has 8 nitrogen and oxygen atoms in total. The van der Waals surface area contributed by atoms with E-state index in [2.05, 4.69) is 22.4 Å². The molecule has 0 amide bonds. The summed E-state index contributed by atoms with van der Waals surface area (Å²) in [6.45, 7) is 2.58. The van der Waals surface area contributed by atoms with Crippen LogP contribution in [0, 0.1) is 5.92 Å². The van der Waals surface area contributed by atoms with Gasteiger partial charge in [-0.15, -0.1) is 0 Å². The molecule has 0 aliphatic heterocycles. The van der Waals surface area contributed by atoms with Crippen LogP contribution in [0.3, 0.4) is 0 Å². The number of nitrogens with zero attached hydrogens (tertiary/aromatic N) is 5. The Bertz CT molecular complexity index is 1240. The predicted octanol–water partition coefficient (Wildman–Crippen LogP) is 3.11. The number of hydrogen-bond donors (Lipinski definition) is 1. The molecule has 1 aliphatic carbocycles. The van der Waals surface area contributed by atoms with Crippen LogP contribution in [0.25, 0.3) is 11.2 Å². The van der Waals surface area contributed by atoms with Crippen molar-refractivity contribution in [2.45, 2.75) is 39.2 Å². The van der Waals surface area contributed by atoms with Gasteiger partial charge in [-0.25, -0.2) is 10.2 Å². The van der Waals surface area contributed by atoms with Crippen LogP contribution in [-0.2, 0) is 20.6 Å². The second-order valence-electron chi connectivity index (χ2n) is 7.96. The maximum atomic E-state index is 12.9. The quantitative estimate of drug-likeness (QED) is 0.647. The normalized spacial score (nSPS) is 16.8. The highest BCUT2D eigenvalue weighted by atomic mass is 35.5. The van der Waals surface area contributed by atoms with Gasteiger partial charge in [0.2, 0.25) is 5.95 Å². The molecule has 158 valence electrons. The van der Waals surface area contributed by atoms with Gasteiger partial charge in [0.25, 0.3) is 5.56 Å². The number of aromatic nitrogens is 4. The summed E-state index contributed by atoms with van der Waals surface area (Å²) in [5.41, 5.74) is 4.81. The highest BCUT2D eigenvalue weighted by molar-refractivity contribution is 6.31. The molecule has 0 unspecified atom stereocenters. The smallest absolute Gasteiger partial charge is 0.298 e. The Morgan fingerprint density at radius 1 is 1.17 bits per heavy atom. The van der Waals surface area contributed by atoms with Crippen molar-refractivity contribution >= 4 is 34.4 Å². The fraction of sp³-hybridized carbons (Fsp3) is 0.429. The average Bonchev–Trinajstić information content (AvgIpc) is 3.10. The van der Waals surface area contributed by atoms with Gasteiger partial charge in [-0.1, -0.05) is 36.7 Å². The van der Waals surface area contributed by atoms with E-state index in [0.717, 1.165) is 41.5 Å². The monoisotopic (exact) mass is 428 g/mol. The van der Waals surface area contributed by atoms with Crippen molar-refractivity contribution in [1.82, 2.24) is 18.7 Å². The summed E-state index contributed by atoms with van der Waals surface area (Å²) < 4.78 is 4.21. The van der Waals surface area contributed by atoms with E-state index in [9.17, 15) is 9.59 Å². The second-order valence-corrected chi connectivity index (χ2v) is 8.37. The number of imidazole rings is 1. The number of hydrogen-bond acceptors (Lipinski definition) is 5. The van der Waals surface area contributed by atoms with Crippen LogP contribution in [0.1, 0.15) is 38.2 Å². The molecule has 0 saturated heterocycles. The van der Waals surface area contributed by atoms with Crippen molar-refractivity contribution in [2.24, 2.45) is 25.1 Å². The molecule has 1 saturated carbocycles. The first kappa shape index (κ1) is 20.4. The zero-order valence-corrected chi connectivity index (χ0v) is 18.1. The van der Waals surface area contributed by atoms with E-state index >= 15 is 0 Å². The van der Waals surface area contributed by atoms with Crippen LogP contribution in [0.5, 0.6) is 0 Å². The number of halogens is 1. The van der Waals surface area contributed by atoms with Crippen LogP contribution < -0.4 is 16.7 Å². The molecule has 3 aromatic rings. The van der Waals surface area contributed by atoms with Crippen molar-refractivity contribution in [2.75, 3.05) is 5.43 Å². The van der Waals surface area contributed by atoms with Crippen LogP contribution in [0.4, 0.5) is 5.95 Å². The lowest BCUT2D eigenvalue weighted by atomic mass is 9.90. The molecule has 1 aliphatic rings. The maximum Gasteiger partial charge on any atom is 0.332 e. The number of benzene rings is 1. The zero-order chi connectivity index (χ0) is 21.4. The molecule has 2 aromatic heterocycles. The molecule has 0 spiro atoms. The van der Waals surface area contributed by atoms with Gasteiger partial charge in [0.05, 0.1) is 6.54 Å². The molecule has 30 heavy (non-hydrogen) atoms. The summed E-state index contributed by atoms with van der Waals surface area (Å²) in [6, 6.07) is 7.46. The minimum Gasteiger partial charge on any atom is -0.298 e. The van der Waals surface area contributed by atoms with Crippen molar-refractivity contribution in [1.29, 1.82) is 0 Å². The third-order valence-electron chi connectivity index (χ3n) is 5.80.